The molecule has 3 aliphatic carbocycles. The zero-order valence-corrected chi connectivity index (χ0v) is 20.0. The summed E-state index contributed by atoms with van der Waals surface area (Å²) in [6.07, 6.45) is 17.6. The Balaban J connectivity index is 1.67. The van der Waals surface area contributed by atoms with Gasteiger partial charge in [0.15, 0.2) is 0 Å². The highest BCUT2D eigenvalue weighted by atomic mass is 127. The molecule has 128 valence electrons. The van der Waals surface area contributed by atoms with Crippen LogP contribution < -0.4 is 0 Å². The van der Waals surface area contributed by atoms with Crippen LogP contribution in [0.25, 0.3) is 0 Å². The van der Waals surface area contributed by atoms with Crippen LogP contribution in [0.15, 0.2) is 0 Å². The first kappa shape index (κ1) is 18.9. The summed E-state index contributed by atoms with van der Waals surface area (Å²) in [5.74, 6) is 0. The van der Waals surface area contributed by atoms with Crippen LogP contribution in [0, 0.1) is 0 Å². The SMILES string of the molecule is IC1CCC(N(C2CCC(I)CC2)C2CCC(I)CC2)CC1. The van der Waals surface area contributed by atoms with Crippen LogP contribution >= 0.6 is 67.8 Å². The van der Waals surface area contributed by atoms with Crippen molar-refractivity contribution in [1.29, 1.82) is 0 Å². The Morgan fingerprint density at radius 3 is 0.864 bits per heavy atom. The van der Waals surface area contributed by atoms with Crippen molar-refractivity contribution in [3.8, 4) is 0 Å². The number of rotatable bonds is 3. The maximum absolute atomic E-state index is 3.09. The van der Waals surface area contributed by atoms with Crippen LogP contribution in [0.2, 0.25) is 0 Å². The Morgan fingerprint density at radius 1 is 0.409 bits per heavy atom. The lowest BCUT2D eigenvalue weighted by atomic mass is 9.84. The van der Waals surface area contributed by atoms with Gasteiger partial charge in [-0.1, -0.05) is 67.8 Å². The first-order valence-electron chi connectivity index (χ1n) is 9.33. The monoisotopic (exact) mass is 641 g/mol. The molecule has 0 N–H and O–H groups in total. The summed E-state index contributed by atoms with van der Waals surface area (Å²) in [6.45, 7) is 0. The predicted molar refractivity (Wildman–Crippen MR) is 122 cm³/mol. The zero-order chi connectivity index (χ0) is 15.5. The number of alkyl halides is 3. The molecular weight excluding hydrogens is 611 g/mol. The largest absolute Gasteiger partial charge is 0.294 e. The lowest BCUT2D eigenvalue weighted by Crippen LogP contribution is -2.53. The number of halogens is 3. The van der Waals surface area contributed by atoms with Crippen LogP contribution in [-0.4, -0.2) is 34.8 Å². The summed E-state index contributed by atoms with van der Waals surface area (Å²) in [6, 6.07) is 2.74. The lowest BCUT2D eigenvalue weighted by Gasteiger charge is -2.48. The van der Waals surface area contributed by atoms with Crippen molar-refractivity contribution in [2.24, 2.45) is 0 Å². The first-order chi connectivity index (χ1) is 10.6. The number of hydrogen-bond acceptors (Lipinski definition) is 1. The molecule has 4 heteroatoms. The van der Waals surface area contributed by atoms with E-state index in [2.05, 4.69) is 72.7 Å². The first-order valence-corrected chi connectivity index (χ1v) is 13.1. The van der Waals surface area contributed by atoms with E-state index in [1.807, 2.05) is 0 Å². The van der Waals surface area contributed by atoms with Gasteiger partial charge in [-0.3, -0.25) is 4.90 Å². The highest BCUT2D eigenvalue weighted by Crippen LogP contribution is 2.39. The molecule has 0 spiro atoms. The molecule has 3 fully saturated rings. The Labute approximate surface area is 177 Å². The molecule has 0 amide bonds. The molecule has 3 saturated carbocycles. The average molecular weight is 641 g/mol. The van der Waals surface area contributed by atoms with E-state index in [0.717, 1.165) is 29.9 Å². The minimum atomic E-state index is 0.914. The fourth-order valence-electron chi connectivity index (χ4n) is 4.89. The van der Waals surface area contributed by atoms with Gasteiger partial charge in [-0.2, -0.15) is 0 Å². The Hall–Kier alpha value is 2.15. The van der Waals surface area contributed by atoms with Gasteiger partial charge >= 0.3 is 0 Å². The number of nitrogens with zero attached hydrogens (tertiary/aromatic N) is 1. The average Bonchev–Trinajstić information content (AvgIpc) is 2.53. The maximum atomic E-state index is 3.09. The van der Waals surface area contributed by atoms with Gasteiger partial charge in [-0.15, -0.1) is 0 Å². The van der Waals surface area contributed by atoms with Crippen molar-refractivity contribution in [1.82, 2.24) is 4.90 Å². The van der Waals surface area contributed by atoms with E-state index >= 15 is 0 Å². The number of hydrogen-bond donors (Lipinski definition) is 0. The van der Waals surface area contributed by atoms with Crippen molar-refractivity contribution in [2.45, 2.75) is 107 Å². The van der Waals surface area contributed by atoms with E-state index in [4.69, 9.17) is 0 Å². The van der Waals surface area contributed by atoms with E-state index in [-0.39, 0.29) is 0 Å². The van der Waals surface area contributed by atoms with Gasteiger partial charge in [0.25, 0.3) is 0 Å². The summed E-state index contributed by atoms with van der Waals surface area (Å²) in [7, 11) is 0. The van der Waals surface area contributed by atoms with E-state index in [9.17, 15) is 0 Å². The molecule has 0 aromatic carbocycles. The third kappa shape index (κ3) is 5.08. The third-order valence-electron chi connectivity index (χ3n) is 6.14. The molecule has 0 bridgehead atoms. The van der Waals surface area contributed by atoms with Crippen molar-refractivity contribution in [3.05, 3.63) is 0 Å². The molecule has 0 atom stereocenters. The molecule has 0 heterocycles. The third-order valence-corrected chi connectivity index (χ3v) is 9.88. The van der Waals surface area contributed by atoms with Crippen LogP contribution in [0.5, 0.6) is 0 Å². The molecule has 22 heavy (non-hydrogen) atoms. The summed E-state index contributed by atoms with van der Waals surface area (Å²) in [4.78, 5) is 3.09. The van der Waals surface area contributed by atoms with E-state index in [1.54, 1.807) is 0 Å². The maximum Gasteiger partial charge on any atom is 0.0111 e. The lowest BCUT2D eigenvalue weighted by molar-refractivity contribution is 0.0255. The Bertz CT molecular complexity index is 275. The summed E-state index contributed by atoms with van der Waals surface area (Å²) >= 11 is 8.05. The highest BCUT2D eigenvalue weighted by Gasteiger charge is 2.37. The Morgan fingerprint density at radius 2 is 0.636 bits per heavy atom. The standard InChI is InChI=1S/C18H30I3N/c19-13-1-7-16(8-2-13)22(17-9-3-14(20)4-10-17)18-11-5-15(21)6-12-18/h13-18H,1-12H2. The van der Waals surface area contributed by atoms with E-state index < -0.39 is 0 Å². The summed E-state index contributed by atoms with van der Waals surface area (Å²) in [5.41, 5.74) is 0. The second kappa shape index (κ2) is 9.19. The molecule has 0 aromatic heterocycles. The van der Waals surface area contributed by atoms with Gasteiger partial charge in [0.05, 0.1) is 0 Å². The minimum absolute atomic E-state index is 0.914. The van der Waals surface area contributed by atoms with Gasteiger partial charge in [0.1, 0.15) is 0 Å². The minimum Gasteiger partial charge on any atom is -0.294 e. The quantitative estimate of drug-likeness (QED) is 0.251. The molecule has 3 aliphatic rings. The summed E-state index contributed by atoms with van der Waals surface area (Å²) in [5, 5.41) is 0. The van der Waals surface area contributed by atoms with Crippen molar-refractivity contribution in [2.75, 3.05) is 0 Å². The van der Waals surface area contributed by atoms with Crippen LogP contribution in [0.4, 0.5) is 0 Å². The van der Waals surface area contributed by atoms with E-state index in [1.165, 1.54) is 77.0 Å². The predicted octanol–water partition coefficient (Wildman–Crippen LogP) is 6.53. The normalized spacial score (nSPS) is 44.2. The second-order valence-electron chi connectivity index (χ2n) is 7.66. The smallest absolute Gasteiger partial charge is 0.0111 e. The van der Waals surface area contributed by atoms with Crippen LogP contribution in [-0.2, 0) is 0 Å². The molecular formula is C18H30I3N. The molecule has 0 saturated heterocycles. The van der Waals surface area contributed by atoms with Gasteiger partial charge in [-0.05, 0) is 77.0 Å². The van der Waals surface area contributed by atoms with Gasteiger partial charge < -0.3 is 0 Å². The van der Waals surface area contributed by atoms with Gasteiger partial charge in [-0.25, -0.2) is 0 Å². The second-order valence-corrected chi connectivity index (χ2v) is 12.9. The van der Waals surface area contributed by atoms with Gasteiger partial charge in [0, 0.05) is 29.9 Å². The molecule has 3 rings (SSSR count). The van der Waals surface area contributed by atoms with Crippen LogP contribution in [0.1, 0.15) is 77.0 Å². The molecule has 0 unspecified atom stereocenters. The fourth-order valence-corrected chi connectivity index (χ4v) is 7.05. The summed E-state index contributed by atoms with van der Waals surface area (Å²) < 4.78 is 2.85. The molecule has 0 aromatic rings. The highest BCUT2D eigenvalue weighted by molar-refractivity contribution is 14.1. The Kier molecular flexibility index (Phi) is 7.91. The fraction of sp³-hybridized carbons (Fsp3) is 1.00. The molecule has 1 nitrogen and oxygen atoms in total. The van der Waals surface area contributed by atoms with Crippen molar-refractivity contribution >= 4 is 67.8 Å². The molecule has 0 radical (unpaired) electrons. The van der Waals surface area contributed by atoms with Crippen LogP contribution in [0.3, 0.4) is 0 Å². The van der Waals surface area contributed by atoms with Crippen molar-refractivity contribution < 1.29 is 0 Å². The molecule has 0 aliphatic heterocycles. The van der Waals surface area contributed by atoms with E-state index in [0.29, 0.717) is 0 Å². The topological polar surface area (TPSA) is 3.24 Å². The van der Waals surface area contributed by atoms with Crippen molar-refractivity contribution in [3.63, 3.8) is 0 Å². The van der Waals surface area contributed by atoms with Gasteiger partial charge in [0.2, 0.25) is 0 Å². The zero-order valence-electron chi connectivity index (χ0n) is 13.5.